The van der Waals surface area contributed by atoms with Gasteiger partial charge in [0.2, 0.25) is 0 Å². The minimum absolute atomic E-state index is 0.0171. The van der Waals surface area contributed by atoms with Crippen LogP contribution in [-0.4, -0.2) is 63.4 Å². The Morgan fingerprint density at radius 3 is 1.42 bits per heavy atom. The van der Waals surface area contributed by atoms with Gasteiger partial charge in [0.1, 0.15) is 30.2 Å². The molecule has 2 heterocycles. The zero-order valence-electron chi connectivity index (χ0n) is 40.0. The van der Waals surface area contributed by atoms with Gasteiger partial charge in [0.25, 0.3) is 8.32 Å². The van der Waals surface area contributed by atoms with Crippen molar-refractivity contribution in [2.45, 2.75) is 108 Å². The first-order valence-corrected chi connectivity index (χ1v) is 26.4. The van der Waals surface area contributed by atoms with Crippen molar-refractivity contribution in [1.29, 1.82) is 0 Å². The van der Waals surface area contributed by atoms with Crippen LogP contribution in [0.2, 0.25) is 5.04 Å². The maximum atomic E-state index is 13.2. The molecule has 2 aliphatic heterocycles. The van der Waals surface area contributed by atoms with Gasteiger partial charge >= 0.3 is 0 Å². The summed E-state index contributed by atoms with van der Waals surface area (Å²) in [4.78, 5) is 13.2. The Morgan fingerprint density at radius 2 is 0.957 bits per heavy atom. The van der Waals surface area contributed by atoms with Crippen LogP contribution in [0, 0.1) is 0 Å². The minimum atomic E-state index is -3.00. The van der Waals surface area contributed by atoms with Crippen molar-refractivity contribution in [2.24, 2.45) is 0 Å². The third-order valence-corrected chi connectivity index (χ3v) is 19.1. The lowest BCUT2D eigenvalue weighted by atomic mass is 9.86. The molecular weight excluding hydrogens is 873 g/mol. The van der Waals surface area contributed by atoms with Crippen LogP contribution in [0.4, 0.5) is 0 Å². The fourth-order valence-electron chi connectivity index (χ4n) is 10.7. The van der Waals surface area contributed by atoms with E-state index in [0.29, 0.717) is 26.2 Å². The van der Waals surface area contributed by atoms with Gasteiger partial charge in [-0.1, -0.05) is 191 Å². The number of carbonyl (C=O) groups excluding carboxylic acids is 1. The Labute approximate surface area is 407 Å². The Balaban J connectivity index is 1.02. The molecule has 2 saturated heterocycles. The first kappa shape index (κ1) is 46.9. The lowest BCUT2D eigenvalue weighted by Crippen LogP contribution is -2.68. The monoisotopic (exact) mass is 934 g/mol. The summed E-state index contributed by atoms with van der Waals surface area (Å²) in [5, 5.41) is 9.08. The molecule has 0 unspecified atom stereocenters. The van der Waals surface area contributed by atoms with E-state index in [-0.39, 0.29) is 23.8 Å². The van der Waals surface area contributed by atoms with E-state index in [2.05, 4.69) is 203 Å². The number of hydrogen-bond acceptors (Lipinski definition) is 7. The Hall–Kier alpha value is -5.81. The van der Waals surface area contributed by atoms with Crippen molar-refractivity contribution < 1.29 is 32.9 Å². The average Bonchev–Trinajstić information content (AvgIpc) is 3.37. The molecule has 7 atom stereocenters. The second kappa shape index (κ2) is 20.6. The van der Waals surface area contributed by atoms with E-state index < -0.39 is 51.0 Å². The van der Waals surface area contributed by atoms with Gasteiger partial charge in [-0.15, -0.1) is 0 Å². The smallest absolute Gasteiger partial charge is 0.261 e. The highest BCUT2D eigenvalue weighted by atomic mass is 28.4. The number of fused-ring (bicyclic) bond motifs is 4. The summed E-state index contributed by atoms with van der Waals surface area (Å²) >= 11 is 0. The summed E-state index contributed by atoms with van der Waals surface area (Å²) in [5.41, 5.74) is 3.13. The number of hydrogen-bond donors (Lipinski definition) is 0. The molecule has 8 aromatic rings. The molecule has 0 bridgehead atoms. The van der Waals surface area contributed by atoms with E-state index in [1.807, 2.05) is 6.07 Å². The molecule has 352 valence electrons. The highest BCUT2D eigenvalue weighted by molar-refractivity contribution is 6.99. The van der Waals surface area contributed by atoms with Crippen LogP contribution < -0.4 is 10.4 Å². The van der Waals surface area contributed by atoms with Crippen LogP contribution in [-0.2, 0) is 52.7 Å². The van der Waals surface area contributed by atoms with E-state index in [1.54, 1.807) is 6.92 Å². The fourth-order valence-corrected chi connectivity index (χ4v) is 15.3. The molecule has 0 saturated carbocycles. The van der Waals surface area contributed by atoms with Crippen LogP contribution >= 0.6 is 0 Å². The van der Waals surface area contributed by atoms with E-state index >= 15 is 0 Å². The second-order valence-corrected chi connectivity index (χ2v) is 24.2. The molecule has 7 nitrogen and oxygen atoms in total. The minimum Gasteiger partial charge on any atom is -0.405 e. The van der Waals surface area contributed by atoms with Gasteiger partial charge in [0, 0.05) is 12.8 Å². The molecule has 69 heavy (non-hydrogen) atoms. The van der Waals surface area contributed by atoms with Gasteiger partial charge in [-0.05, 0) is 89.5 Å². The van der Waals surface area contributed by atoms with Crippen molar-refractivity contribution in [3.8, 4) is 0 Å². The number of ether oxygens (including phenoxy) is 5. The predicted octanol–water partition coefficient (Wildman–Crippen LogP) is 11.7. The van der Waals surface area contributed by atoms with E-state index in [9.17, 15) is 4.79 Å². The van der Waals surface area contributed by atoms with Crippen molar-refractivity contribution in [3.63, 3.8) is 0 Å². The first-order valence-electron chi connectivity index (χ1n) is 24.4. The highest BCUT2D eigenvalue weighted by Crippen LogP contribution is 2.41. The quantitative estimate of drug-likeness (QED) is 0.0894. The topological polar surface area (TPSA) is 72.5 Å². The Kier molecular flexibility index (Phi) is 14.0. The molecular formula is C61H62O7Si. The van der Waals surface area contributed by atoms with Gasteiger partial charge in [-0.3, -0.25) is 4.79 Å². The van der Waals surface area contributed by atoms with E-state index in [4.69, 9.17) is 28.1 Å². The lowest BCUT2D eigenvalue weighted by molar-refractivity contribution is -0.304. The molecule has 2 fully saturated rings. The first-order chi connectivity index (χ1) is 33.6. The molecule has 2 aliphatic rings. The number of ketones is 1. The maximum absolute atomic E-state index is 13.2. The number of Topliss-reactive ketones (excluding diaryl/α,β-unsaturated/α-hetero) is 1. The van der Waals surface area contributed by atoms with Crippen LogP contribution in [0.25, 0.3) is 32.3 Å². The van der Waals surface area contributed by atoms with Gasteiger partial charge in [-0.25, -0.2) is 0 Å². The fraction of sp³-hybridized carbons (Fsp3) is 0.295. The summed E-state index contributed by atoms with van der Waals surface area (Å²) in [7, 11) is -3.00. The summed E-state index contributed by atoms with van der Waals surface area (Å²) in [6.45, 7) is 9.77. The summed E-state index contributed by atoms with van der Waals surface area (Å²) in [6.07, 6.45) is -3.07. The number of rotatable bonds is 16. The molecule has 8 aromatic carbocycles. The van der Waals surface area contributed by atoms with Crippen LogP contribution in [0.15, 0.2) is 188 Å². The summed E-state index contributed by atoms with van der Waals surface area (Å²) in [5.74, 6) is 0.0171. The third kappa shape index (κ3) is 10.3. The normalized spacial score (nSPS) is 21.9. The highest BCUT2D eigenvalue weighted by Gasteiger charge is 2.55. The van der Waals surface area contributed by atoms with E-state index in [1.165, 1.54) is 21.1 Å². The van der Waals surface area contributed by atoms with Gasteiger partial charge < -0.3 is 28.1 Å². The Bertz CT molecular complexity index is 2970. The zero-order valence-corrected chi connectivity index (χ0v) is 41.0. The standard InChI is InChI=1S/C61H62O7Si/c1-42(62)33-55-58(64-39-44-28-31-47-18-12-15-21-50(47)35-44)60(65-40-45-29-32-48-19-13-16-22-51(48)36-45)59-56(67-55)37-54(63-38-43-27-30-46-17-11-14-20-49(46)34-43)57(68-59)41-66-69(61(2,3)4,52-23-7-5-8-24-52)53-25-9-6-10-26-53/h5-32,34-36,54-60H,33,37-41H2,1-4H3/t54-,55+,56+,57+,58+,59-,60-/m1/s1. The molecule has 0 amide bonds. The second-order valence-electron chi connectivity index (χ2n) is 19.9. The summed E-state index contributed by atoms with van der Waals surface area (Å²) in [6, 6.07) is 65.8. The molecule has 0 spiro atoms. The van der Waals surface area contributed by atoms with Crippen molar-refractivity contribution in [3.05, 3.63) is 205 Å². The Morgan fingerprint density at radius 1 is 0.522 bits per heavy atom. The zero-order chi connectivity index (χ0) is 47.4. The third-order valence-electron chi connectivity index (χ3n) is 14.1. The molecule has 10 rings (SSSR count). The van der Waals surface area contributed by atoms with Crippen LogP contribution in [0.3, 0.4) is 0 Å². The van der Waals surface area contributed by atoms with E-state index in [0.717, 1.165) is 38.2 Å². The van der Waals surface area contributed by atoms with Crippen LogP contribution in [0.1, 0.15) is 57.2 Å². The maximum Gasteiger partial charge on any atom is 0.261 e. The van der Waals surface area contributed by atoms with Gasteiger partial charge in [0.15, 0.2) is 0 Å². The number of benzene rings is 8. The molecule has 0 radical (unpaired) electrons. The van der Waals surface area contributed by atoms with Gasteiger partial charge in [-0.2, -0.15) is 0 Å². The van der Waals surface area contributed by atoms with Crippen molar-refractivity contribution >= 4 is 56.8 Å². The molecule has 0 N–H and O–H groups in total. The number of carbonyl (C=O) groups is 1. The summed E-state index contributed by atoms with van der Waals surface area (Å²) < 4.78 is 43.3. The lowest BCUT2D eigenvalue weighted by Gasteiger charge is -2.52. The molecule has 8 heteroatoms. The molecule has 0 aromatic heterocycles. The van der Waals surface area contributed by atoms with Gasteiger partial charge in [0.05, 0.1) is 44.7 Å². The van der Waals surface area contributed by atoms with Crippen molar-refractivity contribution in [1.82, 2.24) is 0 Å². The largest absolute Gasteiger partial charge is 0.405 e. The predicted molar refractivity (Wildman–Crippen MR) is 278 cm³/mol. The average molecular weight is 935 g/mol. The van der Waals surface area contributed by atoms with Crippen molar-refractivity contribution in [2.75, 3.05) is 6.61 Å². The molecule has 0 aliphatic carbocycles. The SMILES string of the molecule is CC(=O)C[C@@H]1O[C@H]2C[C@@H](OCc3ccc4ccccc4c3)[C@H](CO[Si](c3ccccc3)(c3ccccc3)C(C)(C)C)O[C@H]2[C@H](OCc2ccc3ccccc3c2)[C@H]1OCc1ccc2ccccc2c1. The van der Waals surface area contributed by atoms with Crippen LogP contribution in [0.5, 0.6) is 0 Å².